The number of hydrogen-bond donors (Lipinski definition) is 0. The Kier molecular flexibility index (Phi) is 5.35. The van der Waals surface area contributed by atoms with Crippen molar-refractivity contribution >= 4 is 19.5 Å². The fraction of sp³-hybridized carbons (Fsp3) is 0.409. The average molecular weight is 337 g/mol. The maximum Gasteiger partial charge on any atom is 0.149 e. The lowest BCUT2D eigenvalue weighted by Gasteiger charge is -2.32. The molecule has 126 valence electrons. The molecule has 2 aromatic rings. The van der Waals surface area contributed by atoms with Gasteiger partial charge >= 0.3 is 0 Å². The van der Waals surface area contributed by atoms with Gasteiger partial charge in [0.15, 0.2) is 0 Å². The number of benzene rings is 2. The summed E-state index contributed by atoms with van der Waals surface area (Å²) in [5, 5.41) is 1.56. The van der Waals surface area contributed by atoms with Crippen LogP contribution in [0, 0.1) is 0 Å². The molecule has 0 bridgehead atoms. The van der Waals surface area contributed by atoms with Gasteiger partial charge in [0.1, 0.15) is 18.8 Å². The zero-order valence-electron chi connectivity index (χ0n) is 15.3. The standard InChI is InChI=1S/C22H30NSi/c1-19-11-10-17-23(19)18-16-22(20-12-6-4-7-13-20)24(2,3)21-14-8-5-9-15-21/h4-9,12-15,18-19,22H,10-11,16-17H2,1-3H3/q+1/t19-,22+/m1/s1. The first-order chi connectivity index (χ1) is 11.6. The molecule has 0 radical (unpaired) electrons. The summed E-state index contributed by atoms with van der Waals surface area (Å²) < 4.78 is 2.57. The Morgan fingerprint density at radius 3 is 2.25 bits per heavy atom. The first-order valence-electron chi connectivity index (χ1n) is 9.28. The molecule has 2 atom stereocenters. The minimum absolute atomic E-state index is 0.619. The highest BCUT2D eigenvalue weighted by Gasteiger charge is 2.35. The smallest absolute Gasteiger partial charge is 0.149 e. The molecule has 0 aromatic heterocycles. The molecule has 1 fully saturated rings. The van der Waals surface area contributed by atoms with Crippen molar-refractivity contribution in [2.24, 2.45) is 0 Å². The van der Waals surface area contributed by atoms with Gasteiger partial charge in [-0.05, 0) is 18.0 Å². The Bertz CT molecular complexity index is 676. The van der Waals surface area contributed by atoms with E-state index < -0.39 is 8.07 Å². The Balaban J connectivity index is 1.93. The molecule has 1 saturated heterocycles. The van der Waals surface area contributed by atoms with Crippen molar-refractivity contribution in [2.45, 2.75) is 50.9 Å². The molecule has 0 aliphatic carbocycles. The molecule has 0 saturated carbocycles. The van der Waals surface area contributed by atoms with E-state index in [0.717, 1.165) is 6.42 Å². The summed E-state index contributed by atoms with van der Waals surface area (Å²) >= 11 is 0. The summed E-state index contributed by atoms with van der Waals surface area (Å²) in [6.07, 6.45) is 6.34. The lowest BCUT2D eigenvalue weighted by Crippen LogP contribution is -2.48. The van der Waals surface area contributed by atoms with Crippen LogP contribution in [0.15, 0.2) is 60.7 Å². The molecule has 3 rings (SSSR count). The SMILES string of the molecule is C[C@@H]1CCC[N+]1=CC[C@@H](c1ccccc1)[Si](C)(C)c1ccccc1. The van der Waals surface area contributed by atoms with E-state index in [9.17, 15) is 0 Å². The quantitative estimate of drug-likeness (QED) is 0.555. The second-order valence-corrected chi connectivity index (χ2v) is 12.4. The number of nitrogens with zero attached hydrogens (tertiary/aromatic N) is 1. The summed E-state index contributed by atoms with van der Waals surface area (Å²) in [5.41, 5.74) is 2.12. The predicted molar refractivity (Wildman–Crippen MR) is 107 cm³/mol. The third-order valence-electron chi connectivity index (χ3n) is 5.77. The Hall–Kier alpha value is -1.67. The van der Waals surface area contributed by atoms with Crippen molar-refractivity contribution < 1.29 is 4.58 Å². The van der Waals surface area contributed by atoms with Gasteiger partial charge in [-0.2, -0.15) is 0 Å². The van der Waals surface area contributed by atoms with Crippen LogP contribution < -0.4 is 5.19 Å². The van der Waals surface area contributed by atoms with E-state index in [1.165, 1.54) is 24.9 Å². The van der Waals surface area contributed by atoms with Gasteiger partial charge in [0.25, 0.3) is 0 Å². The lowest BCUT2D eigenvalue weighted by atomic mass is 10.1. The van der Waals surface area contributed by atoms with Crippen LogP contribution in [0.25, 0.3) is 0 Å². The fourth-order valence-electron chi connectivity index (χ4n) is 4.07. The highest BCUT2D eigenvalue weighted by molar-refractivity contribution is 6.91. The zero-order chi connectivity index (χ0) is 17.0. The Labute approximate surface area is 148 Å². The third-order valence-corrected chi connectivity index (χ3v) is 9.90. The normalized spacial score (nSPS) is 21.1. The van der Waals surface area contributed by atoms with Crippen LogP contribution in [0.3, 0.4) is 0 Å². The molecule has 1 aliphatic heterocycles. The lowest BCUT2D eigenvalue weighted by molar-refractivity contribution is -0.536. The Morgan fingerprint density at radius 1 is 1.04 bits per heavy atom. The topological polar surface area (TPSA) is 3.01 Å². The minimum atomic E-state index is -1.60. The number of rotatable bonds is 5. The summed E-state index contributed by atoms with van der Waals surface area (Å²) in [4.78, 5) is 0. The number of hydrogen-bond acceptors (Lipinski definition) is 0. The van der Waals surface area contributed by atoms with Crippen molar-refractivity contribution in [1.29, 1.82) is 0 Å². The van der Waals surface area contributed by atoms with E-state index in [1.54, 1.807) is 5.19 Å². The first kappa shape index (κ1) is 17.2. The molecular weight excluding hydrogens is 306 g/mol. The van der Waals surface area contributed by atoms with Gasteiger partial charge in [0, 0.05) is 19.3 Å². The largest absolute Gasteiger partial charge is 0.237 e. The second kappa shape index (κ2) is 7.48. The second-order valence-electron chi connectivity index (χ2n) is 7.70. The summed E-state index contributed by atoms with van der Waals surface area (Å²) in [7, 11) is -1.60. The fourth-order valence-corrected chi connectivity index (χ4v) is 7.24. The van der Waals surface area contributed by atoms with Gasteiger partial charge in [-0.3, -0.25) is 0 Å². The van der Waals surface area contributed by atoms with Crippen molar-refractivity contribution in [3.8, 4) is 0 Å². The molecule has 2 aromatic carbocycles. The molecule has 0 amide bonds. The van der Waals surface area contributed by atoms with E-state index in [1.807, 2.05) is 0 Å². The van der Waals surface area contributed by atoms with Gasteiger partial charge in [-0.25, -0.2) is 4.58 Å². The van der Waals surface area contributed by atoms with Crippen LogP contribution in [-0.2, 0) is 0 Å². The maximum atomic E-state index is 2.57. The zero-order valence-corrected chi connectivity index (χ0v) is 16.3. The van der Waals surface area contributed by atoms with Gasteiger partial charge in [-0.15, -0.1) is 0 Å². The molecule has 1 nitrogen and oxygen atoms in total. The highest BCUT2D eigenvalue weighted by atomic mass is 28.3. The molecule has 1 heterocycles. The van der Waals surface area contributed by atoms with E-state index in [0.29, 0.717) is 11.6 Å². The van der Waals surface area contributed by atoms with Crippen LogP contribution in [0.1, 0.15) is 37.3 Å². The molecule has 24 heavy (non-hydrogen) atoms. The molecule has 0 unspecified atom stereocenters. The summed E-state index contributed by atoms with van der Waals surface area (Å²) in [5.74, 6) is 0. The van der Waals surface area contributed by atoms with Crippen molar-refractivity contribution in [2.75, 3.05) is 6.54 Å². The predicted octanol–water partition coefficient (Wildman–Crippen LogP) is 4.58. The van der Waals surface area contributed by atoms with E-state index in [4.69, 9.17) is 0 Å². The van der Waals surface area contributed by atoms with E-state index in [-0.39, 0.29) is 0 Å². The highest BCUT2D eigenvalue weighted by Crippen LogP contribution is 2.30. The van der Waals surface area contributed by atoms with E-state index in [2.05, 4.69) is 91.5 Å². The maximum absolute atomic E-state index is 2.57. The van der Waals surface area contributed by atoms with Crippen molar-refractivity contribution in [3.05, 3.63) is 66.2 Å². The van der Waals surface area contributed by atoms with Crippen molar-refractivity contribution in [1.82, 2.24) is 0 Å². The van der Waals surface area contributed by atoms with Crippen molar-refractivity contribution in [3.63, 3.8) is 0 Å². The van der Waals surface area contributed by atoms with Crippen LogP contribution in [0.4, 0.5) is 0 Å². The van der Waals surface area contributed by atoms with E-state index >= 15 is 0 Å². The molecule has 0 spiro atoms. The molecule has 1 aliphatic rings. The van der Waals surface area contributed by atoms with Gasteiger partial charge in [0.05, 0.1) is 8.07 Å². The van der Waals surface area contributed by atoms with Crippen LogP contribution in [0.5, 0.6) is 0 Å². The van der Waals surface area contributed by atoms with Gasteiger partial charge in [0.2, 0.25) is 0 Å². The summed E-state index contributed by atoms with van der Waals surface area (Å²) in [6, 6.07) is 23.0. The third kappa shape index (κ3) is 3.70. The van der Waals surface area contributed by atoms with Crippen LogP contribution in [-0.4, -0.2) is 31.5 Å². The summed E-state index contributed by atoms with van der Waals surface area (Å²) in [6.45, 7) is 8.65. The van der Waals surface area contributed by atoms with Gasteiger partial charge < -0.3 is 0 Å². The average Bonchev–Trinajstić information content (AvgIpc) is 3.02. The molecular formula is C22H30NSi+. The molecule has 0 N–H and O–H groups in total. The first-order valence-corrected chi connectivity index (χ1v) is 12.4. The van der Waals surface area contributed by atoms with Crippen LogP contribution in [0.2, 0.25) is 13.1 Å². The molecule has 2 heteroatoms. The minimum Gasteiger partial charge on any atom is -0.237 e. The Morgan fingerprint density at radius 2 is 1.67 bits per heavy atom. The van der Waals surface area contributed by atoms with Gasteiger partial charge in [-0.1, -0.05) is 78.9 Å². The monoisotopic (exact) mass is 336 g/mol. The van der Waals surface area contributed by atoms with Crippen LogP contribution >= 0.6 is 0 Å².